The van der Waals surface area contributed by atoms with Crippen molar-refractivity contribution in [3.05, 3.63) is 34.9 Å². The summed E-state index contributed by atoms with van der Waals surface area (Å²) in [6.45, 7) is 2.88. The van der Waals surface area contributed by atoms with Crippen molar-refractivity contribution in [1.82, 2.24) is 15.1 Å². The molecule has 1 aromatic carbocycles. The van der Waals surface area contributed by atoms with Crippen LogP contribution in [0.25, 0.3) is 0 Å². The third-order valence-corrected chi connectivity index (χ3v) is 3.85. The summed E-state index contributed by atoms with van der Waals surface area (Å²) in [4.78, 5) is 48.7. The molecule has 7 nitrogen and oxygen atoms in total. The third-order valence-electron chi connectivity index (χ3n) is 3.50. The topological polar surface area (TPSA) is 86.8 Å². The van der Waals surface area contributed by atoms with Crippen molar-refractivity contribution in [1.29, 1.82) is 0 Å². The molecule has 0 radical (unpaired) electrons. The number of urea groups is 1. The van der Waals surface area contributed by atoms with Crippen molar-refractivity contribution in [3.63, 3.8) is 0 Å². The summed E-state index contributed by atoms with van der Waals surface area (Å²) in [7, 11) is 0. The number of halogens is 1. The fraction of sp³-hybridized carbons (Fsp3) is 0.333. The lowest BCUT2D eigenvalue weighted by Gasteiger charge is -2.18. The van der Waals surface area contributed by atoms with E-state index in [0.717, 1.165) is 4.90 Å². The number of rotatable bonds is 5. The minimum Gasteiger partial charge on any atom is -0.348 e. The minimum absolute atomic E-state index is 0.0809. The van der Waals surface area contributed by atoms with Gasteiger partial charge in [-0.05, 0) is 25.5 Å². The predicted octanol–water partition coefficient (Wildman–Crippen LogP) is 1.33. The van der Waals surface area contributed by atoms with Crippen molar-refractivity contribution in [2.24, 2.45) is 0 Å². The van der Waals surface area contributed by atoms with Crippen LogP contribution in [0.4, 0.5) is 4.79 Å². The molecule has 23 heavy (non-hydrogen) atoms. The summed E-state index contributed by atoms with van der Waals surface area (Å²) in [5.74, 6) is -2.45. The molecule has 1 fully saturated rings. The Morgan fingerprint density at radius 3 is 2.35 bits per heavy atom. The maximum absolute atomic E-state index is 12.1. The van der Waals surface area contributed by atoms with Gasteiger partial charge in [-0.25, -0.2) is 9.69 Å². The molecule has 8 heteroatoms. The van der Waals surface area contributed by atoms with Gasteiger partial charge in [0.1, 0.15) is 6.54 Å². The smallest absolute Gasteiger partial charge is 0.334 e. The number of likely N-dealkylation sites (N-methyl/N-ethyl adjacent to an activating group) is 1. The van der Waals surface area contributed by atoms with Crippen LogP contribution < -0.4 is 5.32 Å². The first kappa shape index (κ1) is 17.0. The molecule has 1 saturated heterocycles. The van der Waals surface area contributed by atoms with Crippen molar-refractivity contribution in [2.75, 3.05) is 13.1 Å². The SMILES string of the molecule is CCN1C(=O)C(=O)N(CC(=O)N[C@@H](C)c2ccccc2Cl)C1=O. The lowest BCUT2D eigenvalue weighted by Crippen LogP contribution is -2.42. The van der Waals surface area contributed by atoms with Crippen LogP contribution in [0.3, 0.4) is 0 Å². The molecule has 1 aromatic rings. The fourth-order valence-electron chi connectivity index (χ4n) is 2.30. The van der Waals surface area contributed by atoms with Gasteiger partial charge in [0.25, 0.3) is 0 Å². The van der Waals surface area contributed by atoms with Crippen LogP contribution in [0.1, 0.15) is 25.5 Å². The highest BCUT2D eigenvalue weighted by Gasteiger charge is 2.44. The van der Waals surface area contributed by atoms with Crippen LogP contribution >= 0.6 is 11.6 Å². The van der Waals surface area contributed by atoms with E-state index in [1.165, 1.54) is 0 Å². The Hall–Kier alpha value is -2.41. The molecular formula is C15H16ClN3O4. The standard InChI is InChI=1S/C15H16ClN3O4/c1-3-18-13(21)14(22)19(15(18)23)8-12(20)17-9(2)10-6-4-5-7-11(10)16/h4-7,9H,3,8H2,1-2H3,(H,17,20)/t9-/m0/s1. The number of hydrogen-bond donors (Lipinski definition) is 1. The highest BCUT2D eigenvalue weighted by atomic mass is 35.5. The largest absolute Gasteiger partial charge is 0.348 e. The molecular weight excluding hydrogens is 322 g/mol. The van der Waals surface area contributed by atoms with Gasteiger partial charge in [0.2, 0.25) is 5.91 Å². The Morgan fingerprint density at radius 1 is 1.17 bits per heavy atom. The number of imide groups is 2. The number of hydrogen-bond acceptors (Lipinski definition) is 4. The Balaban J connectivity index is 2.03. The molecule has 5 amide bonds. The van der Waals surface area contributed by atoms with Gasteiger partial charge in [0, 0.05) is 11.6 Å². The molecule has 122 valence electrons. The van der Waals surface area contributed by atoms with E-state index in [-0.39, 0.29) is 6.54 Å². The van der Waals surface area contributed by atoms with Gasteiger partial charge in [0.15, 0.2) is 0 Å². The molecule has 2 rings (SSSR count). The van der Waals surface area contributed by atoms with Gasteiger partial charge in [0.05, 0.1) is 6.04 Å². The highest BCUT2D eigenvalue weighted by molar-refractivity contribution is 6.45. The van der Waals surface area contributed by atoms with E-state index in [0.29, 0.717) is 15.5 Å². The molecule has 0 bridgehead atoms. The fourth-order valence-corrected chi connectivity index (χ4v) is 2.60. The molecule has 1 aliphatic heterocycles. The third kappa shape index (κ3) is 3.34. The van der Waals surface area contributed by atoms with Crippen LogP contribution in [0, 0.1) is 0 Å². The maximum atomic E-state index is 12.1. The summed E-state index contributed by atoms with van der Waals surface area (Å²) in [6, 6.07) is 5.85. The van der Waals surface area contributed by atoms with Crippen molar-refractivity contribution < 1.29 is 19.2 Å². The van der Waals surface area contributed by atoms with Crippen LogP contribution in [-0.4, -0.2) is 46.6 Å². The lowest BCUT2D eigenvalue weighted by atomic mass is 10.1. The number of carbonyl (C=O) groups is 4. The zero-order chi connectivity index (χ0) is 17.1. The first-order chi connectivity index (χ1) is 10.9. The van der Waals surface area contributed by atoms with Gasteiger partial charge in [-0.1, -0.05) is 29.8 Å². The van der Waals surface area contributed by atoms with E-state index in [9.17, 15) is 19.2 Å². The Morgan fingerprint density at radius 2 is 1.78 bits per heavy atom. The Bertz CT molecular complexity index is 676. The van der Waals surface area contributed by atoms with Crippen LogP contribution in [0.5, 0.6) is 0 Å². The zero-order valence-electron chi connectivity index (χ0n) is 12.7. The molecule has 0 aromatic heterocycles. The molecule has 0 unspecified atom stereocenters. The second-order valence-electron chi connectivity index (χ2n) is 5.03. The molecule has 0 aliphatic carbocycles. The number of nitrogens with one attached hydrogen (secondary N) is 1. The van der Waals surface area contributed by atoms with Crippen LogP contribution in [-0.2, 0) is 14.4 Å². The molecule has 0 spiro atoms. The van der Waals surface area contributed by atoms with E-state index in [1.807, 2.05) is 0 Å². The van der Waals surface area contributed by atoms with Gasteiger partial charge in [-0.15, -0.1) is 0 Å². The Kier molecular flexibility index (Phi) is 5.00. The van der Waals surface area contributed by atoms with Gasteiger partial charge >= 0.3 is 17.8 Å². The lowest BCUT2D eigenvalue weighted by molar-refractivity contribution is -0.144. The highest BCUT2D eigenvalue weighted by Crippen LogP contribution is 2.22. The predicted molar refractivity (Wildman–Crippen MR) is 82.5 cm³/mol. The van der Waals surface area contributed by atoms with E-state index in [4.69, 9.17) is 11.6 Å². The molecule has 0 saturated carbocycles. The first-order valence-electron chi connectivity index (χ1n) is 7.08. The molecule has 1 heterocycles. The van der Waals surface area contributed by atoms with Crippen molar-refractivity contribution >= 4 is 35.4 Å². The molecule has 1 atom stereocenters. The summed E-state index contributed by atoms with van der Waals surface area (Å²) < 4.78 is 0. The number of nitrogens with zero attached hydrogens (tertiary/aromatic N) is 2. The van der Waals surface area contributed by atoms with E-state index in [1.54, 1.807) is 38.1 Å². The monoisotopic (exact) mass is 337 g/mol. The summed E-state index contributed by atoms with van der Waals surface area (Å²) in [5, 5.41) is 3.15. The van der Waals surface area contributed by atoms with Gasteiger partial charge in [-0.2, -0.15) is 0 Å². The summed E-state index contributed by atoms with van der Waals surface area (Å²) >= 11 is 6.05. The second kappa shape index (κ2) is 6.78. The van der Waals surface area contributed by atoms with E-state index < -0.39 is 36.3 Å². The average molecular weight is 338 g/mol. The minimum atomic E-state index is -0.989. The summed E-state index contributed by atoms with van der Waals surface area (Å²) in [5.41, 5.74) is 0.716. The maximum Gasteiger partial charge on any atom is 0.334 e. The molecule has 1 aliphatic rings. The molecule has 1 N–H and O–H groups in total. The average Bonchev–Trinajstić information content (AvgIpc) is 2.71. The normalized spacial score (nSPS) is 16.0. The van der Waals surface area contributed by atoms with Crippen molar-refractivity contribution in [2.45, 2.75) is 19.9 Å². The number of benzene rings is 1. The Labute approximate surface area is 138 Å². The van der Waals surface area contributed by atoms with Gasteiger partial charge in [-0.3, -0.25) is 19.3 Å². The van der Waals surface area contributed by atoms with E-state index in [2.05, 4.69) is 5.32 Å². The summed E-state index contributed by atoms with van der Waals surface area (Å²) in [6.07, 6.45) is 0. The first-order valence-corrected chi connectivity index (χ1v) is 7.45. The van der Waals surface area contributed by atoms with Crippen LogP contribution in [0.15, 0.2) is 24.3 Å². The second-order valence-corrected chi connectivity index (χ2v) is 5.44. The number of carbonyl (C=O) groups excluding carboxylic acids is 4. The van der Waals surface area contributed by atoms with Crippen LogP contribution in [0.2, 0.25) is 5.02 Å². The number of amides is 5. The van der Waals surface area contributed by atoms with Crippen molar-refractivity contribution in [3.8, 4) is 0 Å². The zero-order valence-corrected chi connectivity index (χ0v) is 13.5. The van der Waals surface area contributed by atoms with E-state index >= 15 is 0 Å². The van der Waals surface area contributed by atoms with Gasteiger partial charge < -0.3 is 5.32 Å². The quantitative estimate of drug-likeness (QED) is 0.648.